The first-order chi connectivity index (χ1) is 15.7. The maximum absolute atomic E-state index is 12.5. The van der Waals surface area contributed by atoms with Crippen LogP contribution in [0, 0.1) is 0 Å². The first-order valence-corrected chi connectivity index (χ1v) is 10.3. The lowest BCUT2D eigenvalue weighted by molar-refractivity contribution is -0.135. The molecule has 0 aliphatic carbocycles. The van der Waals surface area contributed by atoms with Gasteiger partial charge >= 0.3 is 0 Å². The van der Waals surface area contributed by atoms with Crippen molar-refractivity contribution in [2.45, 2.75) is 13.2 Å². The van der Waals surface area contributed by atoms with Crippen molar-refractivity contribution in [3.8, 4) is 17.0 Å². The predicted octanol–water partition coefficient (Wildman–Crippen LogP) is 5.15. The van der Waals surface area contributed by atoms with E-state index in [0.29, 0.717) is 17.2 Å². The van der Waals surface area contributed by atoms with E-state index in [1.165, 1.54) is 11.9 Å². The van der Waals surface area contributed by atoms with Gasteiger partial charge in [-0.15, -0.1) is 5.10 Å². The Balaban J connectivity index is 1.65. The van der Waals surface area contributed by atoms with Crippen molar-refractivity contribution in [1.29, 1.82) is 0 Å². The minimum Gasteiger partial charge on any atom is -0.496 e. The molecule has 6 heteroatoms. The van der Waals surface area contributed by atoms with E-state index in [1.54, 1.807) is 7.11 Å². The average molecular weight is 423 g/mol. The van der Waals surface area contributed by atoms with Crippen LogP contribution in [0.2, 0.25) is 0 Å². The first-order valence-electron chi connectivity index (χ1n) is 10.3. The van der Waals surface area contributed by atoms with Crippen LogP contribution in [0.25, 0.3) is 22.2 Å². The van der Waals surface area contributed by atoms with Gasteiger partial charge in [-0.3, -0.25) is 4.79 Å². The summed E-state index contributed by atoms with van der Waals surface area (Å²) in [6, 6.07) is 27.2. The Morgan fingerprint density at radius 1 is 0.969 bits per heavy atom. The lowest BCUT2D eigenvalue weighted by atomic mass is 10.0. The topological polar surface area (TPSA) is 64.0 Å². The van der Waals surface area contributed by atoms with Gasteiger partial charge in [0.05, 0.1) is 23.9 Å². The smallest absolute Gasteiger partial charge is 0.244 e. The van der Waals surface area contributed by atoms with Crippen LogP contribution in [0.3, 0.4) is 0 Å². The summed E-state index contributed by atoms with van der Waals surface area (Å²) in [5.74, 6) is 0.742. The van der Waals surface area contributed by atoms with Crippen LogP contribution in [0.4, 0.5) is 0 Å². The summed E-state index contributed by atoms with van der Waals surface area (Å²) in [5.41, 5.74) is 4.11. The maximum Gasteiger partial charge on any atom is 0.244 e. The largest absolute Gasteiger partial charge is 0.496 e. The monoisotopic (exact) mass is 423 g/mol. The second-order valence-electron chi connectivity index (χ2n) is 7.42. The standard InChI is InChI=1S/C26H21N3O3/c1-17(30)29-26(32-25(28-29)20-13-7-9-15-24(20)31-2)21-16-23(18-10-4-3-5-11-18)27-22-14-8-6-12-19(21)22/h3-16,26H,1-2H3/t26-/m1/s1. The molecule has 6 nitrogen and oxygen atoms in total. The van der Waals surface area contributed by atoms with Crippen LogP contribution >= 0.6 is 0 Å². The number of nitrogens with zero attached hydrogens (tertiary/aromatic N) is 3. The molecule has 0 saturated carbocycles. The summed E-state index contributed by atoms with van der Waals surface area (Å²) in [7, 11) is 1.59. The number of fused-ring (bicyclic) bond motifs is 1. The van der Waals surface area contributed by atoms with Gasteiger partial charge in [0.25, 0.3) is 0 Å². The van der Waals surface area contributed by atoms with E-state index in [4.69, 9.17) is 14.5 Å². The van der Waals surface area contributed by atoms with Gasteiger partial charge in [0.1, 0.15) is 5.75 Å². The molecule has 0 radical (unpaired) electrons. The molecule has 5 rings (SSSR count). The van der Waals surface area contributed by atoms with E-state index in [0.717, 1.165) is 27.7 Å². The Hall–Kier alpha value is -4.19. The van der Waals surface area contributed by atoms with Gasteiger partial charge in [0.15, 0.2) is 0 Å². The van der Waals surface area contributed by atoms with Gasteiger partial charge in [-0.05, 0) is 24.3 Å². The SMILES string of the molecule is COc1ccccc1C1=NN(C(C)=O)[C@@H](c2cc(-c3ccccc3)nc3ccccc23)O1. The van der Waals surface area contributed by atoms with E-state index in [9.17, 15) is 4.79 Å². The van der Waals surface area contributed by atoms with Crippen LogP contribution in [0.5, 0.6) is 5.75 Å². The second kappa shape index (κ2) is 8.15. The highest BCUT2D eigenvalue weighted by molar-refractivity contribution is 5.99. The number of para-hydroxylation sites is 2. The molecule has 0 saturated heterocycles. The van der Waals surface area contributed by atoms with E-state index in [1.807, 2.05) is 84.9 Å². The predicted molar refractivity (Wildman–Crippen MR) is 123 cm³/mol. The molecule has 158 valence electrons. The third-order valence-electron chi connectivity index (χ3n) is 5.39. The Bertz CT molecular complexity index is 1330. The number of carbonyl (C=O) groups is 1. The van der Waals surface area contributed by atoms with Crippen LogP contribution in [-0.4, -0.2) is 28.9 Å². The number of ether oxygens (including phenoxy) is 2. The molecule has 1 aliphatic heterocycles. The number of hydrogen-bond acceptors (Lipinski definition) is 5. The summed E-state index contributed by atoms with van der Waals surface area (Å²) in [5, 5.41) is 6.79. The third-order valence-corrected chi connectivity index (χ3v) is 5.39. The Labute approximate surface area is 185 Å². The number of pyridine rings is 1. The number of hydrogen-bond donors (Lipinski definition) is 0. The molecule has 0 bridgehead atoms. The molecule has 0 spiro atoms. The number of aromatic nitrogens is 1. The van der Waals surface area contributed by atoms with Crippen molar-refractivity contribution in [2.24, 2.45) is 5.10 Å². The van der Waals surface area contributed by atoms with E-state index >= 15 is 0 Å². The number of amides is 1. The van der Waals surface area contributed by atoms with Gasteiger partial charge in [0, 0.05) is 23.4 Å². The van der Waals surface area contributed by atoms with E-state index in [2.05, 4.69) is 5.10 Å². The number of rotatable bonds is 4. The summed E-state index contributed by atoms with van der Waals surface area (Å²) >= 11 is 0. The van der Waals surface area contributed by atoms with E-state index < -0.39 is 6.23 Å². The fourth-order valence-corrected chi connectivity index (χ4v) is 3.86. The molecule has 3 aromatic carbocycles. The first kappa shape index (κ1) is 19.8. The molecular formula is C26H21N3O3. The fourth-order valence-electron chi connectivity index (χ4n) is 3.86. The Kier molecular flexibility index (Phi) is 5.03. The molecule has 0 unspecified atom stereocenters. The fraction of sp³-hybridized carbons (Fsp3) is 0.115. The van der Waals surface area contributed by atoms with Gasteiger partial charge in [0.2, 0.25) is 18.0 Å². The number of methoxy groups -OCH3 is 1. The summed E-state index contributed by atoms with van der Waals surface area (Å²) in [4.78, 5) is 17.4. The van der Waals surface area contributed by atoms with Gasteiger partial charge in [-0.2, -0.15) is 5.01 Å². The highest BCUT2D eigenvalue weighted by atomic mass is 16.5. The highest BCUT2D eigenvalue weighted by Crippen LogP contribution is 2.37. The van der Waals surface area contributed by atoms with E-state index in [-0.39, 0.29) is 5.91 Å². The van der Waals surface area contributed by atoms with Gasteiger partial charge in [-0.25, -0.2) is 4.98 Å². The zero-order valence-corrected chi connectivity index (χ0v) is 17.7. The van der Waals surface area contributed by atoms with Crippen molar-refractivity contribution in [2.75, 3.05) is 7.11 Å². The molecular weight excluding hydrogens is 402 g/mol. The molecule has 32 heavy (non-hydrogen) atoms. The second-order valence-corrected chi connectivity index (χ2v) is 7.42. The average Bonchev–Trinajstić information content (AvgIpc) is 3.29. The van der Waals surface area contributed by atoms with Crippen LogP contribution in [0.1, 0.15) is 24.3 Å². The number of benzene rings is 3. The lowest BCUT2D eigenvalue weighted by Gasteiger charge is -2.21. The summed E-state index contributed by atoms with van der Waals surface area (Å²) in [6.07, 6.45) is -0.720. The highest BCUT2D eigenvalue weighted by Gasteiger charge is 2.35. The van der Waals surface area contributed by atoms with Crippen molar-refractivity contribution in [3.63, 3.8) is 0 Å². The minimum absolute atomic E-state index is 0.220. The molecule has 1 atom stereocenters. The minimum atomic E-state index is -0.720. The molecule has 2 heterocycles. The Morgan fingerprint density at radius 2 is 1.69 bits per heavy atom. The third kappa shape index (κ3) is 3.46. The molecule has 4 aromatic rings. The zero-order valence-electron chi connectivity index (χ0n) is 17.7. The number of carbonyl (C=O) groups excluding carboxylic acids is 1. The molecule has 0 N–H and O–H groups in total. The van der Waals surface area contributed by atoms with Gasteiger partial charge < -0.3 is 9.47 Å². The van der Waals surface area contributed by atoms with Crippen molar-refractivity contribution >= 4 is 22.7 Å². The zero-order chi connectivity index (χ0) is 22.1. The maximum atomic E-state index is 12.5. The quantitative estimate of drug-likeness (QED) is 0.455. The van der Waals surface area contributed by atoms with Crippen molar-refractivity contribution in [3.05, 3.63) is 96.1 Å². The van der Waals surface area contributed by atoms with Gasteiger partial charge in [-0.1, -0.05) is 60.7 Å². The van der Waals surface area contributed by atoms with Crippen molar-refractivity contribution in [1.82, 2.24) is 9.99 Å². The van der Waals surface area contributed by atoms with Crippen LogP contribution in [-0.2, 0) is 9.53 Å². The molecule has 1 aliphatic rings. The molecule has 1 aromatic heterocycles. The van der Waals surface area contributed by atoms with Crippen LogP contribution in [0.15, 0.2) is 90.0 Å². The normalized spacial score (nSPS) is 15.4. The molecule has 0 fully saturated rings. The summed E-state index contributed by atoms with van der Waals surface area (Å²) < 4.78 is 11.8. The summed E-state index contributed by atoms with van der Waals surface area (Å²) in [6.45, 7) is 1.48. The lowest BCUT2D eigenvalue weighted by Crippen LogP contribution is -2.25. The molecule has 1 amide bonds. The van der Waals surface area contributed by atoms with Crippen molar-refractivity contribution < 1.29 is 14.3 Å². The van der Waals surface area contributed by atoms with Crippen LogP contribution < -0.4 is 4.74 Å². The Morgan fingerprint density at radius 3 is 2.47 bits per heavy atom. The number of hydrazone groups is 1.